The maximum atomic E-state index is 6.22. The average Bonchev–Trinajstić information content (AvgIpc) is 3.41. The molecule has 1 saturated carbocycles. The Labute approximate surface area is 185 Å². The normalized spacial score (nSPS) is 19.7. The van der Waals surface area contributed by atoms with Crippen molar-refractivity contribution in [2.75, 3.05) is 33.9 Å². The van der Waals surface area contributed by atoms with Gasteiger partial charge < -0.3 is 24.8 Å². The molecule has 1 unspecified atom stereocenters. The minimum Gasteiger partial charge on any atom is -0.497 e. The highest BCUT2D eigenvalue weighted by molar-refractivity contribution is 5.80. The van der Waals surface area contributed by atoms with Crippen molar-refractivity contribution in [1.29, 1.82) is 0 Å². The van der Waals surface area contributed by atoms with E-state index in [2.05, 4.69) is 52.9 Å². The standard InChI is InChI=1S/C25H33N3O3/c1-18-4-5-19(23(14-18)31-22-10-13-30-16-22)15-27-24(26-2)28-17-25(11-12-25)20-6-8-21(29-3)9-7-20/h4-9,14,22H,10-13,15-17H2,1-3H3,(H2,26,27,28). The topological polar surface area (TPSA) is 64.1 Å². The van der Waals surface area contributed by atoms with Crippen molar-refractivity contribution in [3.05, 3.63) is 59.2 Å². The molecule has 1 aliphatic heterocycles. The third-order valence-electron chi connectivity index (χ3n) is 6.22. The Balaban J connectivity index is 1.34. The lowest BCUT2D eigenvalue weighted by atomic mass is 9.96. The first-order valence-electron chi connectivity index (χ1n) is 11.0. The fourth-order valence-corrected chi connectivity index (χ4v) is 4.02. The molecule has 2 N–H and O–H groups in total. The third kappa shape index (κ3) is 5.31. The predicted octanol–water partition coefficient (Wildman–Crippen LogP) is 3.57. The van der Waals surface area contributed by atoms with Crippen LogP contribution in [0.4, 0.5) is 0 Å². The van der Waals surface area contributed by atoms with Crippen molar-refractivity contribution < 1.29 is 14.2 Å². The highest BCUT2D eigenvalue weighted by Crippen LogP contribution is 2.47. The zero-order valence-electron chi connectivity index (χ0n) is 18.7. The summed E-state index contributed by atoms with van der Waals surface area (Å²) >= 11 is 0. The number of ether oxygens (including phenoxy) is 3. The van der Waals surface area contributed by atoms with E-state index in [0.29, 0.717) is 13.2 Å². The fraction of sp³-hybridized carbons (Fsp3) is 0.480. The van der Waals surface area contributed by atoms with E-state index in [1.54, 1.807) is 7.11 Å². The largest absolute Gasteiger partial charge is 0.497 e. The molecule has 6 nitrogen and oxygen atoms in total. The molecule has 0 aromatic heterocycles. The lowest BCUT2D eigenvalue weighted by molar-refractivity contribution is 0.140. The maximum Gasteiger partial charge on any atom is 0.191 e. The van der Waals surface area contributed by atoms with Gasteiger partial charge >= 0.3 is 0 Å². The molecule has 166 valence electrons. The number of guanidine groups is 1. The van der Waals surface area contributed by atoms with E-state index < -0.39 is 0 Å². The second-order valence-electron chi connectivity index (χ2n) is 8.50. The van der Waals surface area contributed by atoms with Crippen LogP contribution in [-0.2, 0) is 16.7 Å². The molecule has 31 heavy (non-hydrogen) atoms. The van der Waals surface area contributed by atoms with Crippen LogP contribution in [0.3, 0.4) is 0 Å². The van der Waals surface area contributed by atoms with Crippen LogP contribution < -0.4 is 20.1 Å². The first kappa shape index (κ1) is 21.5. The van der Waals surface area contributed by atoms with Crippen molar-refractivity contribution in [3.8, 4) is 11.5 Å². The van der Waals surface area contributed by atoms with Crippen molar-refractivity contribution in [2.24, 2.45) is 4.99 Å². The Bertz CT molecular complexity index is 901. The van der Waals surface area contributed by atoms with Gasteiger partial charge in [0.1, 0.15) is 17.6 Å². The zero-order chi connectivity index (χ0) is 21.7. The number of nitrogens with zero attached hydrogens (tertiary/aromatic N) is 1. The molecule has 1 saturated heterocycles. The van der Waals surface area contributed by atoms with E-state index in [1.807, 2.05) is 19.2 Å². The molecule has 2 fully saturated rings. The van der Waals surface area contributed by atoms with Crippen LogP contribution in [0, 0.1) is 6.92 Å². The summed E-state index contributed by atoms with van der Waals surface area (Å²) in [6.45, 7) is 5.03. The molecule has 6 heteroatoms. The highest BCUT2D eigenvalue weighted by atomic mass is 16.5. The van der Waals surface area contributed by atoms with Crippen LogP contribution in [0.2, 0.25) is 0 Å². The van der Waals surface area contributed by atoms with Crippen LogP contribution in [0.15, 0.2) is 47.5 Å². The van der Waals surface area contributed by atoms with Gasteiger partial charge in [-0.05, 0) is 49.1 Å². The monoisotopic (exact) mass is 423 g/mol. The average molecular weight is 424 g/mol. The van der Waals surface area contributed by atoms with E-state index in [0.717, 1.165) is 42.6 Å². The summed E-state index contributed by atoms with van der Waals surface area (Å²) in [5, 5.41) is 6.97. The summed E-state index contributed by atoms with van der Waals surface area (Å²) in [7, 11) is 3.51. The molecule has 1 aliphatic carbocycles. The molecular weight excluding hydrogens is 390 g/mol. The SMILES string of the molecule is CN=C(NCc1ccc(C)cc1OC1CCOC1)NCC1(c2ccc(OC)cc2)CC1. The molecule has 4 rings (SSSR count). The van der Waals surface area contributed by atoms with Crippen molar-refractivity contribution in [3.63, 3.8) is 0 Å². The Kier molecular flexibility index (Phi) is 6.66. The van der Waals surface area contributed by atoms with Gasteiger partial charge in [0.15, 0.2) is 5.96 Å². The zero-order valence-corrected chi connectivity index (χ0v) is 18.7. The summed E-state index contributed by atoms with van der Waals surface area (Å²) in [6, 6.07) is 14.8. The van der Waals surface area contributed by atoms with E-state index >= 15 is 0 Å². The van der Waals surface area contributed by atoms with Crippen LogP contribution in [0.1, 0.15) is 36.0 Å². The molecule has 2 aromatic carbocycles. The molecule has 1 heterocycles. The molecular formula is C25H33N3O3. The van der Waals surface area contributed by atoms with Gasteiger partial charge in [0.05, 0.1) is 20.3 Å². The number of aryl methyl sites for hydroxylation is 1. The van der Waals surface area contributed by atoms with Crippen molar-refractivity contribution in [2.45, 2.75) is 44.2 Å². The summed E-state index contributed by atoms with van der Waals surface area (Å²) < 4.78 is 17.0. The Morgan fingerprint density at radius 1 is 1.16 bits per heavy atom. The number of nitrogens with one attached hydrogen (secondary N) is 2. The number of rotatable bonds is 8. The second kappa shape index (κ2) is 9.60. The van der Waals surface area contributed by atoms with Crippen LogP contribution in [-0.4, -0.2) is 46.0 Å². The van der Waals surface area contributed by atoms with Gasteiger partial charge in [-0.2, -0.15) is 0 Å². The van der Waals surface area contributed by atoms with Gasteiger partial charge in [-0.1, -0.05) is 24.3 Å². The molecule has 0 amide bonds. The Hall–Kier alpha value is -2.73. The molecule has 0 bridgehead atoms. The van der Waals surface area contributed by atoms with Crippen molar-refractivity contribution >= 4 is 5.96 Å². The maximum absolute atomic E-state index is 6.22. The van der Waals surface area contributed by atoms with E-state index in [1.165, 1.54) is 24.0 Å². The molecule has 0 radical (unpaired) electrons. The predicted molar refractivity (Wildman–Crippen MR) is 123 cm³/mol. The van der Waals surface area contributed by atoms with E-state index in [4.69, 9.17) is 14.2 Å². The highest BCUT2D eigenvalue weighted by Gasteiger charge is 2.44. The smallest absolute Gasteiger partial charge is 0.191 e. The summed E-state index contributed by atoms with van der Waals surface area (Å²) in [5.41, 5.74) is 3.85. The molecule has 1 atom stereocenters. The number of hydrogen-bond acceptors (Lipinski definition) is 4. The lowest BCUT2D eigenvalue weighted by Crippen LogP contribution is -2.41. The quantitative estimate of drug-likeness (QED) is 0.502. The number of hydrogen-bond donors (Lipinski definition) is 2. The number of aliphatic imine (C=N–C) groups is 1. The Morgan fingerprint density at radius 2 is 1.97 bits per heavy atom. The first-order valence-corrected chi connectivity index (χ1v) is 11.0. The Morgan fingerprint density at radius 3 is 2.61 bits per heavy atom. The minimum absolute atomic E-state index is 0.136. The lowest BCUT2D eigenvalue weighted by Gasteiger charge is -2.20. The van der Waals surface area contributed by atoms with Gasteiger partial charge in [-0.15, -0.1) is 0 Å². The second-order valence-corrected chi connectivity index (χ2v) is 8.50. The van der Waals surface area contributed by atoms with Gasteiger partial charge in [0.2, 0.25) is 0 Å². The summed E-state index contributed by atoms with van der Waals surface area (Å²) in [6.07, 6.45) is 3.44. The molecule has 2 aromatic rings. The van der Waals surface area contributed by atoms with E-state index in [-0.39, 0.29) is 11.5 Å². The van der Waals surface area contributed by atoms with Crippen LogP contribution in [0.5, 0.6) is 11.5 Å². The van der Waals surface area contributed by atoms with E-state index in [9.17, 15) is 0 Å². The van der Waals surface area contributed by atoms with Gasteiger partial charge in [0.25, 0.3) is 0 Å². The third-order valence-corrected chi connectivity index (χ3v) is 6.22. The minimum atomic E-state index is 0.136. The van der Waals surface area contributed by atoms with Gasteiger partial charge in [-0.25, -0.2) is 0 Å². The number of methoxy groups -OCH3 is 1. The summed E-state index contributed by atoms with van der Waals surface area (Å²) in [4.78, 5) is 4.42. The van der Waals surface area contributed by atoms with Gasteiger partial charge in [0, 0.05) is 37.5 Å². The van der Waals surface area contributed by atoms with Gasteiger partial charge in [-0.3, -0.25) is 4.99 Å². The first-order chi connectivity index (χ1) is 15.1. The fourth-order valence-electron chi connectivity index (χ4n) is 4.02. The van der Waals surface area contributed by atoms with Crippen LogP contribution in [0.25, 0.3) is 0 Å². The number of benzene rings is 2. The molecule has 0 spiro atoms. The van der Waals surface area contributed by atoms with Crippen molar-refractivity contribution in [1.82, 2.24) is 10.6 Å². The summed E-state index contributed by atoms with van der Waals surface area (Å²) in [5.74, 6) is 2.62. The molecule has 2 aliphatic rings. The van der Waals surface area contributed by atoms with Crippen LogP contribution >= 0.6 is 0 Å².